The van der Waals surface area contributed by atoms with Crippen molar-refractivity contribution >= 4 is 75.9 Å². The highest BCUT2D eigenvalue weighted by Gasteiger charge is 2.24. The molecule has 12 aromatic rings. The van der Waals surface area contributed by atoms with Gasteiger partial charge in [-0.2, -0.15) is 9.97 Å². The number of aromatic nitrogens is 5. The quantitative estimate of drug-likeness (QED) is 0.170. The van der Waals surface area contributed by atoms with Crippen LogP contribution in [0.25, 0.3) is 110 Å². The van der Waals surface area contributed by atoms with Gasteiger partial charge in [0.25, 0.3) is 0 Å². The number of para-hydroxylation sites is 2. The van der Waals surface area contributed by atoms with E-state index in [0.29, 0.717) is 16.8 Å². The molecule has 0 amide bonds. The summed E-state index contributed by atoms with van der Waals surface area (Å²) in [6.07, 6.45) is 0. The monoisotopic (exact) mass is 723 g/mol. The van der Waals surface area contributed by atoms with E-state index in [-0.39, 0.29) is 73.3 Å². The van der Waals surface area contributed by atoms with Gasteiger partial charge in [-0.15, -0.1) is 0 Å². The van der Waals surface area contributed by atoms with Gasteiger partial charge >= 0.3 is 0 Å². The summed E-state index contributed by atoms with van der Waals surface area (Å²) in [4.78, 5) is 14.9. The lowest BCUT2D eigenvalue weighted by atomic mass is 9.94. The van der Waals surface area contributed by atoms with Crippen LogP contribution in [0.3, 0.4) is 0 Å². The van der Waals surface area contributed by atoms with Gasteiger partial charge in [0.15, 0.2) is 11.6 Å². The number of fused-ring (bicyclic) bond motifs is 13. The molecule has 0 saturated heterocycles. The number of benzene rings is 9. The van der Waals surface area contributed by atoms with Gasteiger partial charge in [-0.05, 0) is 56.5 Å². The summed E-state index contributed by atoms with van der Waals surface area (Å²) in [5, 5.41) is 5.81. The van der Waals surface area contributed by atoms with Crippen molar-refractivity contribution in [1.29, 1.82) is 0 Å². The Morgan fingerprint density at radius 3 is 1.36 bits per heavy atom. The Morgan fingerprint density at radius 1 is 0.357 bits per heavy atom. The van der Waals surface area contributed by atoms with Crippen LogP contribution < -0.4 is 0 Å². The van der Waals surface area contributed by atoms with Gasteiger partial charge in [0.1, 0.15) is 0 Å². The molecule has 9 aromatic carbocycles. The molecule has 0 saturated carbocycles. The highest BCUT2D eigenvalue weighted by Crippen LogP contribution is 2.43. The SMILES string of the molecule is [2H]c1c([2H])c([2H])c2c(c1[2H])c1c([2H])c([2H])c3c4c([2H])c([2H])c([2H])c([2H])c4n(-c4nc(-c5ccccc5)nc(-c5ccccc5)n4)c3c1n2-c1ccc2c3ccccc3c3ccccc3c2c1. The molecule has 12 rings (SSSR count). The van der Waals surface area contributed by atoms with E-state index in [2.05, 4.69) is 18.2 Å². The molecule has 3 heterocycles. The molecule has 0 aliphatic rings. The Bertz CT molecular complexity index is 4020. The summed E-state index contributed by atoms with van der Waals surface area (Å²) in [5.41, 5.74) is 1.98. The fraction of sp³-hybridized carbons (Fsp3) is 0. The lowest BCUT2D eigenvalue weighted by molar-refractivity contribution is 0.953. The number of hydrogen-bond donors (Lipinski definition) is 0. The first kappa shape index (κ1) is 22.6. The van der Waals surface area contributed by atoms with Crippen molar-refractivity contribution in [3.8, 4) is 34.4 Å². The first-order valence-electron chi connectivity index (χ1n) is 23.1. The maximum Gasteiger partial charge on any atom is 0.238 e. The molecule has 5 nitrogen and oxygen atoms in total. The van der Waals surface area contributed by atoms with Gasteiger partial charge in [-0.3, -0.25) is 4.57 Å². The van der Waals surface area contributed by atoms with Gasteiger partial charge in [0, 0.05) is 38.4 Å². The number of nitrogens with zero attached hydrogens (tertiary/aromatic N) is 5. The van der Waals surface area contributed by atoms with Crippen molar-refractivity contribution in [2.45, 2.75) is 0 Å². The fourth-order valence-corrected chi connectivity index (χ4v) is 8.20. The third kappa shape index (κ3) is 4.46. The van der Waals surface area contributed by atoms with Crippen molar-refractivity contribution in [2.24, 2.45) is 0 Å². The van der Waals surface area contributed by atoms with E-state index >= 15 is 0 Å². The topological polar surface area (TPSA) is 48.5 Å². The maximum absolute atomic E-state index is 9.75. The minimum atomic E-state index is -0.545. The molecule has 0 aliphatic carbocycles. The molecule has 260 valence electrons. The predicted octanol–water partition coefficient (Wildman–Crippen LogP) is 12.9. The van der Waals surface area contributed by atoms with Crippen LogP contribution in [0.4, 0.5) is 0 Å². The Morgan fingerprint density at radius 2 is 0.804 bits per heavy atom. The first-order chi connectivity index (χ1) is 32.0. The molecule has 0 spiro atoms. The van der Waals surface area contributed by atoms with Gasteiger partial charge in [0.05, 0.1) is 35.8 Å². The standard InChI is InChI=1S/C51H31N5/c1-3-15-32(16-4-1)49-52-50(33-17-5-2-6-18-33)54-51(53-49)56-46-26-14-12-24-41(46)43-30-29-42-40-23-11-13-25-45(40)55(47(42)48(43)56)34-27-28-39-37-21-8-7-19-35(37)36-20-9-10-22-38(36)44(39)31-34/h1-31H/i11D,12D,13D,14D,23D,24D,25D,26D,29D,30D. The van der Waals surface area contributed by atoms with Gasteiger partial charge in [-0.25, -0.2) is 4.98 Å². The van der Waals surface area contributed by atoms with E-state index in [0.717, 1.165) is 32.3 Å². The third-order valence-corrected chi connectivity index (χ3v) is 10.6. The minimum absolute atomic E-state index is 0.00169. The smallest absolute Gasteiger partial charge is 0.238 e. The van der Waals surface area contributed by atoms with Gasteiger partial charge < -0.3 is 4.57 Å². The summed E-state index contributed by atoms with van der Waals surface area (Å²) in [6, 6.07) is 35.8. The van der Waals surface area contributed by atoms with Crippen molar-refractivity contribution in [2.75, 3.05) is 0 Å². The van der Waals surface area contributed by atoms with Crippen molar-refractivity contribution < 1.29 is 13.7 Å². The van der Waals surface area contributed by atoms with Crippen LogP contribution in [0, 0.1) is 0 Å². The molecule has 3 aromatic heterocycles. The predicted molar refractivity (Wildman–Crippen MR) is 232 cm³/mol. The molecule has 5 heteroatoms. The summed E-state index contributed by atoms with van der Waals surface area (Å²) < 4.78 is 96.0. The van der Waals surface area contributed by atoms with Gasteiger partial charge in [0.2, 0.25) is 5.95 Å². The van der Waals surface area contributed by atoms with Crippen LogP contribution in [0.1, 0.15) is 13.7 Å². The van der Waals surface area contributed by atoms with E-state index in [4.69, 9.17) is 20.4 Å². The summed E-state index contributed by atoms with van der Waals surface area (Å²) >= 11 is 0. The van der Waals surface area contributed by atoms with Crippen LogP contribution in [0.2, 0.25) is 0 Å². The molecular weight excluding hydrogens is 683 g/mol. The normalized spacial score (nSPS) is 14.4. The molecule has 0 unspecified atom stereocenters. The molecule has 0 fully saturated rings. The largest absolute Gasteiger partial charge is 0.307 e. The van der Waals surface area contributed by atoms with Crippen LogP contribution in [-0.2, 0) is 0 Å². The first-order valence-corrected chi connectivity index (χ1v) is 18.1. The average Bonchev–Trinajstić information content (AvgIpc) is 3.91. The fourth-order valence-electron chi connectivity index (χ4n) is 8.20. The number of rotatable bonds is 4. The Hall–Kier alpha value is -7.63. The van der Waals surface area contributed by atoms with Crippen molar-refractivity contribution in [3.63, 3.8) is 0 Å². The van der Waals surface area contributed by atoms with E-state index in [1.54, 1.807) is 4.57 Å². The van der Waals surface area contributed by atoms with Crippen LogP contribution in [0.5, 0.6) is 0 Å². The number of hydrogen-bond acceptors (Lipinski definition) is 3. The van der Waals surface area contributed by atoms with E-state index in [9.17, 15) is 8.22 Å². The Balaban J connectivity index is 1.36. The maximum atomic E-state index is 9.75. The minimum Gasteiger partial charge on any atom is -0.307 e. The summed E-state index contributed by atoms with van der Waals surface area (Å²) in [7, 11) is 0. The highest BCUT2D eigenvalue weighted by atomic mass is 15.2. The van der Waals surface area contributed by atoms with Gasteiger partial charge in [-0.1, -0.05) is 164 Å². The second-order valence-corrected chi connectivity index (χ2v) is 13.7. The molecule has 56 heavy (non-hydrogen) atoms. The van der Waals surface area contributed by atoms with Crippen LogP contribution >= 0.6 is 0 Å². The second kappa shape index (κ2) is 11.9. The molecule has 0 atom stereocenters. The molecule has 0 N–H and O–H groups in total. The molecule has 0 bridgehead atoms. The zero-order valence-electron chi connectivity index (χ0n) is 39.4. The molecule has 0 aliphatic heterocycles. The average molecular weight is 724 g/mol. The van der Waals surface area contributed by atoms with Crippen molar-refractivity contribution in [1.82, 2.24) is 24.1 Å². The molecule has 0 radical (unpaired) electrons. The Kier molecular flexibility index (Phi) is 4.81. The van der Waals surface area contributed by atoms with E-state index in [1.165, 1.54) is 4.57 Å². The Labute approximate surface area is 335 Å². The second-order valence-electron chi connectivity index (χ2n) is 13.7. The van der Waals surface area contributed by atoms with Crippen LogP contribution in [0.15, 0.2) is 188 Å². The van der Waals surface area contributed by atoms with E-state index in [1.807, 2.05) is 109 Å². The zero-order chi connectivity index (χ0) is 45.4. The summed E-state index contributed by atoms with van der Waals surface area (Å²) in [5.74, 6) is 0.450. The zero-order valence-corrected chi connectivity index (χ0v) is 29.4. The third-order valence-electron chi connectivity index (χ3n) is 10.6. The molecular formula is C51H31N5. The van der Waals surface area contributed by atoms with Crippen LogP contribution in [-0.4, -0.2) is 24.1 Å². The lowest BCUT2D eigenvalue weighted by Crippen LogP contribution is -2.07. The van der Waals surface area contributed by atoms with E-state index < -0.39 is 48.3 Å². The highest BCUT2D eigenvalue weighted by molar-refractivity contribution is 6.27. The summed E-state index contributed by atoms with van der Waals surface area (Å²) in [6.45, 7) is 0. The lowest BCUT2D eigenvalue weighted by Gasteiger charge is -2.15. The van der Waals surface area contributed by atoms with Crippen molar-refractivity contribution in [3.05, 3.63) is 188 Å².